The molecule has 2 aromatic rings. The van der Waals surface area contributed by atoms with Crippen LogP contribution in [0.25, 0.3) is 0 Å². The molecule has 8 nitrogen and oxygen atoms in total. The van der Waals surface area contributed by atoms with Crippen LogP contribution in [0.5, 0.6) is 0 Å². The van der Waals surface area contributed by atoms with Crippen molar-refractivity contribution in [3.05, 3.63) is 59.3 Å². The maximum atomic E-state index is 13.7. The van der Waals surface area contributed by atoms with Gasteiger partial charge in [0.15, 0.2) is 5.60 Å². The Bertz CT molecular complexity index is 1020. The Balaban J connectivity index is 1.58. The lowest BCUT2D eigenvalue weighted by Gasteiger charge is -2.34. The Morgan fingerprint density at radius 1 is 1.24 bits per heavy atom. The van der Waals surface area contributed by atoms with Crippen molar-refractivity contribution in [1.29, 1.82) is 0 Å². The zero-order valence-electron chi connectivity index (χ0n) is 20.4. The number of ether oxygens (including phenoxy) is 2. The topological polar surface area (TPSA) is 85.3 Å². The van der Waals surface area contributed by atoms with E-state index >= 15 is 0 Å². The van der Waals surface area contributed by atoms with Gasteiger partial charge >= 0.3 is 0 Å². The number of carbonyl (C=O) groups excluding carboxylic acids is 1. The first-order valence-corrected chi connectivity index (χ1v) is 11.9. The Kier molecular flexibility index (Phi) is 7.60. The number of aryl methyl sites for hydroxylation is 1. The fourth-order valence-corrected chi connectivity index (χ4v) is 4.47. The van der Waals surface area contributed by atoms with Crippen molar-refractivity contribution in [2.45, 2.75) is 51.4 Å². The van der Waals surface area contributed by atoms with Crippen molar-refractivity contribution in [1.82, 2.24) is 10.3 Å². The van der Waals surface area contributed by atoms with Gasteiger partial charge in [-0.3, -0.25) is 9.69 Å². The standard InChI is InChI=1S/C26H34N4O4/c1-18-7-5-14-28-24(18)30(21-8-6-13-27-17-21)25(31)20-11-9-19(10-12-20)22-23(33-16-15-32-4)26(2,3)34-29-22/h5,7,9-12,14,21,23,27H,6,8,13,15-17H2,1-4H3/t21-,23?/m1/s1. The predicted molar refractivity (Wildman–Crippen MR) is 131 cm³/mol. The van der Waals surface area contributed by atoms with Gasteiger partial charge in [0.25, 0.3) is 5.91 Å². The lowest BCUT2D eigenvalue weighted by molar-refractivity contribution is -0.0809. The second kappa shape index (κ2) is 10.6. The molecule has 3 heterocycles. The number of aromatic nitrogens is 1. The molecule has 0 bridgehead atoms. The summed E-state index contributed by atoms with van der Waals surface area (Å²) in [4.78, 5) is 25.8. The molecule has 1 fully saturated rings. The third-order valence-electron chi connectivity index (χ3n) is 6.32. The minimum atomic E-state index is -0.584. The number of oxime groups is 1. The summed E-state index contributed by atoms with van der Waals surface area (Å²) in [5.74, 6) is 0.659. The van der Waals surface area contributed by atoms with Gasteiger partial charge in [-0.25, -0.2) is 4.98 Å². The number of hydrogen-bond donors (Lipinski definition) is 1. The Hall–Kier alpha value is -2.81. The molecule has 1 saturated heterocycles. The van der Waals surface area contributed by atoms with Gasteiger partial charge < -0.3 is 19.6 Å². The lowest BCUT2D eigenvalue weighted by atomic mass is 9.93. The summed E-state index contributed by atoms with van der Waals surface area (Å²) in [7, 11) is 1.64. The molecule has 1 amide bonds. The number of pyridine rings is 1. The van der Waals surface area contributed by atoms with Gasteiger partial charge in [0.05, 0.1) is 19.3 Å². The summed E-state index contributed by atoms with van der Waals surface area (Å²) in [6, 6.07) is 11.5. The van der Waals surface area contributed by atoms with E-state index in [0.717, 1.165) is 37.1 Å². The van der Waals surface area contributed by atoms with Crippen molar-refractivity contribution < 1.29 is 19.1 Å². The van der Waals surface area contributed by atoms with Crippen molar-refractivity contribution in [3.8, 4) is 0 Å². The molecule has 1 N–H and O–H groups in total. The lowest BCUT2D eigenvalue weighted by Crippen LogP contribution is -2.49. The van der Waals surface area contributed by atoms with Gasteiger partial charge in [-0.1, -0.05) is 23.4 Å². The average Bonchev–Trinajstić information content (AvgIpc) is 3.15. The van der Waals surface area contributed by atoms with E-state index in [1.54, 1.807) is 13.3 Å². The largest absolute Gasteiger partial charge is 0.386 e. The molecule has 0 aliphatic carbocycles. The van der Waals surface area contributed by atoms with Crippen molar-refractivity contribution in [2.75, 3.05) is 38.3 Å². The number of carbonyl (C=O) groups is 1. The van der Waals surface area contributed by atoms with E-state index in [4.69, 9.17) is 14.3 Å². The minimum absolute atomic E-state index is 0.0557. The monoisotopic (exact) mass is 466 g/mol. The Morgan fingerprint density at radius 2 is 2.03 bits per heavy atom. The van der Waals surface area contributed by atoms with E-state index in [1.807, 2.05) is 62.1 Å². The van der Waals surface area contributed by atoms with Gasteiger partial charge in [-0.2, -0.15) is 0 Å². The number of amides is 1. The van der Waals surface area contributed by atoms with E-state index < -0.39 is 5.60 Å². The second-order valence-corrected chi connectivity index (χ2v) is 9.31. The molecule has 1 aromatic heterocycles. The molecule has 182 valence electrons. The number of nitrogens with zero attached hydrogens (tertiary/aromatic N) is 3. The molecule has 2 aliphatic rings. The summed E-state index contributed by atoms with van der Waals surface area (Å²) < 4.78 is 11.1. The zero-order valence-corrected chi connectivity index (χ0v) is 20.4. The van der Waals surface area contributed by atoms with Gasteiger partial charge in [0.2, 0.25) is 0 Å². The molecule has 1 aromatic carbocycles. The highest BCUT2D eigenvalue weighted by molar-refractivity contribution is 6.08. The maximum Gasteiger partial charge on any atom is 0.259 e. The first-order chi connectivity index (χ1) is 16.4. The highest BCUT2D eigenvalue weighted by Crippen LogP contribution is 2.30. The molecular weight excluding hydrogens is 432 g/mol. The molecular formula is C26H34N4O4. The number of benzene rings is 1. The molecule has 1 unspecified atom stereocenters. The summed E-state index contributed by atoms with van der Waals surface area (Å²) in [6.45, 7) is 8.55. The van der Waals surface area contributed by atoms with Crippen molar-refractivity contribution >= 4 is 17.4 Å². The highest BCUT2D eigenvalue weighted by Gasteiger charge is 2.43. The molecule has 8 heteroatoms. The van der Waals surface area contributed by atoms with E-state index in [0.29, 0.717) is 30.3 Å². The number of nitrogens with one attached hydrogen (secondary N) is 1. The summed E-state index contributed by atoms with van der Waals surface area (Å²) in [5, 5.41) is 7.71. The first kappa shape index (κ1) is 24.3. The van der Waals surface area contributed by atoms with Crippen LogP contribution < -0.4 is 10.2 Å². The van der Waals surface area contributed by atoms with Crippen LogP contribution in [0.2, 0.25) is 0 Å². The fraction of sp³-hybridized carbons (Fsp3) is 0.500. The molecule has 2 aliphatic heterocycles. The summed E-state index contributed by atoms with van der Waals surface area (Å²) in [6.07, 6.45) is 3.38. The maximum absolute atomic E-state index is 13.7. The zero-order chi connectivity index (χ0) is 24.1. The van der Waals surface area contributed by atoms with Crippen molar-refractivity contribution in [3.63, 3.8) is 0 Å². The summed E-state index contributed by atoms with van der Waals surface area (Å²) >= 11 is 0. The smallest absolute Gasteiger partial charge is 0.259 e. The number of anilines is 1. The van der Waals surface area contributed by atoms with Crippen LogP contribution in [-0.4, -0.2) is 67.8 Å². The number of methoxy groups -OCH3 is 1. The van der Waals surface area contributed by atoms with Crippen LogP contribution >= 0.6 is 0 Å². The SMILES string of the molecule is COCCOC1C(c2ccc(C(=O)N(c3ncccc3C)[C@@H]3CCCNC3)cc2)=NOC1(C)C. The molecule has 0 radical (unpaired) electrons. The molecule has 2 atom stereocenters. The van der Waals surface area contributed by atoms with Crippen LogP contribution in [0, 0.1) is 6.92 Å². The highest BCUT2D eigenvalue weighted by atomic mass is 16.7. The van der Waals surface area contributed by atoms with Gasteiger partial charge in [0, 0.05) is 31.0 Å². The van der Waals surface area contributed by atoms with Crippen LogP contribution in [0.15, 0.2) is 47.8 Å². The number of hydrogen-bond acceptors (Lipinski definition) is 7. The predicted octanol–water partition coefficient (Wildman–Crippen LogP) is 3.33. The molecule has 0 saturated carbocycles. The third kappa shape index (κ3) is 5.14. The second-order valence-electron chi connectivity index (χ2n) is 9.31. The van der Waals surface area contributed by atoms with E-state index in [1.165, 1.54) is 0 Å². The third-order valence-corrected chi connectivity index (χ3v) is 6.32. The van der Waals surface area contributed by atoms with Gasteiger partial charge in [-0.05, 0) is 63.9 Å². The van der Waals surface area contributed by atoms with Crippen molar-refractivity contribution in [2.24, 2.45) is 5.16 Å². The van der Waals surface area contributed by atoms with Gasteiger partial charge in [-0.15, -0.1) is 0 Å². The van der Waals surface area contributed by atoms with Gasteiger partial charge in [0.1, 0.15) is 17.6 Å². The number of piperidine rings is 1. The van der Waals surface area contributed by atoms with Crippen LogP contribution in [0.1, 0.15) is 48.2 Å². The molecule has 34 heavy (non-hydrogen) atoms. The van der Waals surface area contributed by atoms with Crippen LogP contribution in [-0.2, 0) is 14.3 Å². The van der Waals surface area contributed by atoms with E-state index in [-0.39, 0.29) is 18.1 Å². The van der Waals surface area contributed by atoms with E-state index in [2.05, 4.69) is 15.5 Å². The Morgan fingerprint density at radius 3 is 2.71 bits per heavy atom. The Labute approximate surface area is 201 Å². The van der Waals surface area contributed by atoms with Crippen LogP contribution in [0.3, 0.4) is 0 Å². The normalized spacial score (nSPS) is 21.6. The fourth-order valence-electron chi connectivity index (χ4n) is 4.47. The minimum Gasteiger partial charge on any atom is -0.386 e. The summed E-state index contributed by atoms with van der Waals surface area (Å²) in [5.41, 5.74) is 2.58. The molecule has 0 spiro atoms. The van der Waals surface area contributed by atoms with Crippen LogP contribution in [0.4, 0.5) is 5.82 Å². The molecule has 4 rings (SSSR count). The first-order valence-electron chi connectivity index (χ1n) is 11.9. The average molecular weight is 467 g/mol. The van der Waals surface area contributed by atoms with E-state index in [9.17, 15) is 4.79 Å². The quantitative estimate of drug-likeness (QED) is 0.601. The number of rotatable bonds is 8.